The Bertz CT molecular complexity index is 1160. The Hall–Kier alpha value is -3.66. The van der Waals surface area contributed by atoms with Gasteiger partial charge in [-0.1, -0.05) is 66.2 Å². The highest BCUT2D eigenvalue weighted by Gasteiger charge is 2.46. The molecule has 4 heteroatoms. The van der Waals surface area contributed by atoms with Crippen LogP contribution in [0.1, 0.15) is 33.9 Å². The summed E-state index contributed by atoms with van der Waals surface area (Å²) in [5.74, 6) is -1.48. The third kappa shape index (κ3) is 3.30. The quantitative estimate of drug-likeness (QED) is 0.374. The van der Waals surface area contributed by atoms with Crippen LogP contribution in [0.4, 0.5) is 5.69 Å². The van der Waals surface area contributed by atoms with Crippen LogP contribution < -0.4 is 4.90 Å². The van der Waals surface area contributed by atoms with Gasteiger partial charge in [0.1, 0.15) is 5.76 Å². The Morgan fingerprint density at radius 1 is 0.833 bits per heavy atom. The molecule has 0 aliphatic carbocycles. The Kier molecular flexibility index (Phi) is 5.00. The maximum absolute atomic E-state index is 13.1. The molecular formula is C26H23NO3. The van der Waals surface area contributed by atoms with Crippen LogP contribution in [0.25, 0.3) is 5.76 Å². The van der Waals surface area contributed by atoms with Gasteiger partial charge in [0.05, 0.1) is 11.6 Å². The number of Topliss-reactive ketones (excluding diaryl/α,β-unsaturated/α-hetero) is 1. The average molecular weight is 397 g/mol. The van der Waals surface area contributed by atoms with Gasteiger partial charge in [0.15, 0.2) is 0 Å². The molecule has 150 valence electrons. The van der Waals surface area contributed by atoms with E-state index in [9.17, 15) is 14.7 Å². The minimum Gasteiger partial charge on any atom is -0.507 e. The highest BCUT2D eigenvalue weighted by Crippen LogP contribution is 2.42. The first-order valence-corrected chi connectivity index (χ1v) is 9.88. The number of aliphatic hydroxyl groups is 1. The molecule has 30 heavy (non-hydrogen) atoms. The molecule has 4 nitrogen and oxygen atoms in total. The topological polar surface area (TPSA) is 57.6 Å². The van der Waals surface area contributed by atoms with Gasteiger partial charge in [-0.2, -0.15) is 0 Å². The summed E-state index contributed by atoms with van der Waals surface area (Å²) in [5.41, 5.74) is 5.20. The second-order valence-corrected chi connectivity index (χ2v) is 7.71. The van der Waals surface area contributed by atoms with Crippen molar-refractivity contribution in [2.75, 3.05) is 4.90 Å². The maximum atomic E-state index is 13.1. The lowest BCUT2D eigenvalue weighted by atomic mass is 9.95. The molecule has 0 bridgehead atoms. The predicted octanol–water partition coefficient (Wildman–Crippen LogP) is 5.24. The molecule has 1 unspecified atom stereocenters. The first kappa shape index (κ1) is 19.6. The second kappa shape index (κ2) is 7.64. The molecule has 1 heterocycles. The van der Waals surface area contributed by atoms with Crippen molar-refractivity contribution in [1.82, 2.24) is 0 Å². The number of carbonyl (C=O) groups is 2. The van der Waals surface area contributed by atoms with Crippen molar-refractivity contribution in [3.05, 3.63) is 106 Å². The number of ketones is 1. The van der Waals surface area contributed by atoms with Crippen LogP contribution in [-0.4, -0.2) is 16.8 Å². The summed E-state index contributed by atoms with van der Waals surface area (Å²) in [5, 5.41) is 11.1. The van der Waals surface area contributed by atoms with Crippen molar-refractivity contribution in [3.63, 3.8) is 0 Å². The second-order valence-electron chi connectivity index (χ2n) is 7.71. The monoisotopic (exact) mass is 397 g/mol. The molecule has 1 fully saturated rings. The molecule has 4 rings (SSSR count). The van der Waals surface area contributed by atoms with Crippen molar-refractivity contribution in [2.45, 2.75) is 26.8 Å². The van der Waals surface area contributed by atoms with Crippen LogP contribution in [-0.2, 0) is 9.59 Å². The van der Waals surface area contributed by atoms with Crippen molar-refractivity contribution < 1.29 is 14.7 Å². The summed E-state index contributed by atoms with van der Waals surface area (Å²) < 4.78 is 0. The smallest absolute Gasteiger partial charge is 0.300 e. The molecule has 0 spiro atoms. The third-order valence-electron chi connectivity index (χ3n) is 5.65. The van der Waals surface area contributed by atoms with Crippen LogP contribution in [0.3, 0.4) is 0 Å². The number of amides is 1. The summed E-state index contributed by atoms with van der Waals surface area (Å²) in [4.78, 5) is 27.7. The zero-order valence-electron chi connectivity index (χ0n) is 17.2. The third-order valence-corrected chi connectivity index (χ3v) is 5.65. The molecule has 1 atom stereocenters. The molecule has 3 aromatic rings. The number of anilines is 1. The first-order valence-electron chi connectivity index (χ1n) is 9.88. The molecule has 1 aliphatic rings. The van der Waals surface area contributed by atoms with E-state index >= 15 is 0 Å². The highest BCUT2D eigenvalue weighted by atomic mass is 16.3. The normalized spacial score (nSPS) is 18.1. The van der Waals surface area contributed by atoms with E-state index in [1.807, 2.05) is 81.4 Å². The lowest BCUT2D eigenvalue weighted by molar-refractivity contribution is -0.132. The van der Waals surface area contributed by atoms with Gasteiger partial charge in [0, 0.05) is 11.3 Å². The van der Waals surface area contributed by atoms with Crippen molar-refractivity contribution in [3.8, 4) is 0 Å². The summed E-state index contributed by atoms with van der Waals surface area (Å²) in [6.07, 6.45) is 0. The SMILES string of the molecule is Cc1ccc(/C(O)=C2\C(=O)C(=O)N(c3ccc(C)c(C)c3)C2c2ccccc2)cc1. The van der Waals surface area contributed by atoms with Crippen molar-refractivity contribution >= 4 is 23.1 Å². The maximum Gasteiger partial charge on any atom is 0.300 e. The van der Waals surface area contributed by atoms with Gasteiger partial charge in [-0.25, -0.2) is 0 Å². The lowest BCUT2D eigenvalue weighted by Crippen LogP contribution is -2.29. The molecule has 1 amide bonds. The van der Waals surface area contributed by atoms with Crippen molar-refractivity contribution in [1.29, 1.82) is 0 Å². The largest absolute Gasteiger partial charge is 0.507 e. The standard InChI is InChI=1S/C26H23NO3/c1-16-9-12-20(13-10-16)24(28)22-23(19-7-5-4-6-8-19)27(26(30)25(22)29)21-14-11-17(2)18(3)15-21/h4-15,23,28H,1-3H3/b24-22+. The van der Waals surface area contributed by atoms with E-state index in [2.05, 4.69) is 0 Å². The Morgan fingerprint density at radius 2 is 1.50 bits per heavy atom. The summed E-state index contributed by atoms with van der Waals surface area (Å²) in [6.45, 7) is 5.92. The fourth-order valence-corrected chi connectivity index (χ4v) is 3.79. The fraction of sp³-hybridized carbons (Fsp3) is 0.154. The summed E-state index contributed by atoms with van der Waals surface area (Å²) >= 11 is 0. The predicted molar refractivity (Wildman–Crippen MR) is 118 cm³/mol. The Labute approximate surface area is 176 Å². The van der Waals surface area contributed by atoms with E-state index < -0.39 is 17.7 Å². The van der Waals surface area contributed by atoms with E-state index in [-0.39, 0.29) is 11.3 Å². The summed E-state index contributed by atoms with van der Waals surface area (Å²) in [6, 6.07) is 21.6. The number of carbonyl (C=O) groups excluding carboxylic acids is 2. The Morgan fingerprint density at radius 3 is 2.13 bits per heavy atom. The molecule has 0 radical (unpaired) electrons. The molecule has 3 aromatic carbocycles. The molecule has 0 aromatic heterocycles. The van der Waals surface area contributed by atoms with Crippen LogP contribution in [0, 0.1) is 20.8 Å². The number of benzene rings is 3. The van der Waals surface area contributed by atoms with Crippen LogP contribution in [0.5, 0.6) is 0 Å². The van der Waals surface area contributed by atoms with Gasteiger partial charge in [0.2, 0.25) is 0 Å². The molecule has 1 saturated heterocycles. The zero-order valence-corrected chi connectivity index (χ0v) is 17.2. The van der Waals surface area contributed by atoms with E-state index in [0.29, 0.717) is 11.3 Å². The van der Waals surface area contributed by atoms with Gasteiger partial charge >= 0.3 is 0 Å². The lowest BCUT2D eigenvalue weighted by Gasteiger charge is -2.26. The van der Waals surface area contributed by atoms with Gasteiger partial charge in [-0.05, 0) is 49.6 Å². The van der Waals surface area contributed by atoms with Gasteiger partial charge in [-0.3, -0.25) is 14.5 Å². The number of aryl methyl sites for hydroxylation is 3. The summed E-state index contributed by atoms with van der Waals surface area (Å²) in [7, 11) is 0. The molecule has 1 N–H and O–H groups in total. The number of nitrogens with zero attached hydrogens (tertiary/aromatic N) is 1. The van der Waals surface area contributed by atoms with E-state index in [0.717, 1.165) is 22.3 Å². The van der Waals surface area contributed by atoms with Gasteiger partial charge in [-0.15, -0.1) is 0 Å². The van der Waals surface area contributed by atoms with Crippen LogP contribution in [0.15, 0.2) is 78.4 Å². The molecule has 0 saturated carbocycles. The van der Waals surface area contributed by atoms with Crippen LogP contribution >= 0.6 is 0 Å². The minimum absolute atomic E-state index is 0.105. The van der Waals surface area contributed by atoms with E-state index in [1.54, 1.807) is 12.1 Å². The average Bonchev–Trinajstić information content (AvgIpc) is 3.01. The molecule has 1 aliphatic heterocycles. The van der Waals surface area contributed by atoms with E-state index in [1.165, 1.54) is 4.90 Å². The molecular weight excluding hydrogens is 374 g/mol. The minimum atomic E-state index is -0.699. The zero-order chi connectivity index (χ0) is 21.4. The van der Waals surface area contributed by atoms with Gasteiger partial charge in [0.25, 0.3) is 11.7 Å². The van der Waals surface area contributed by atoms with Crippen molar-refractivity contribution in [2.24, 2.45) is 0 Å². The Balaban J connectivity index is 1.94. The number of aliphatic hydroxyl groups excluding tert-OH is 1. The fourth-order valence-electron chi connectivity index (χ4n) is 3.79. The van der Waals surface area contributed by atoms with Crippen LogP contribution in [0.2, 0.25) is 0 Å². The number of hydrogen-bond acceptors (Lipinski definition) is 3. The van der Waals surface area contributed by atoms with Gasteiger partial charge < -0.3 is 5.11 Å². The van der Waals surface area contributed by atoms with E-state index in [4.69, 9.17) is 0 Å². The first-order chi connectivity index (χ1) is 14.4. The number of rotatable bonds is 3. The number of hydrogen-bond donors (Lipinski definition) is 1. The highest BCUT2D eigenvalue weighted by molar-refractivity contribution is 6.51.